The molecule has 5 rings (SSSR count). The van der Waals surface area contributed by atoms with Crippen LogP contribution in [-0.2, 0) is 11.2 Å². The maximum absolute atomic E-state index is 15.0. The highest BCUT2D eigenvalue weighted by Crippen LogP contribution is 2.40. The molecule has 1 heterocycles. The van der Waals surface area contributed by atoms with Gasteiger partial charge in [0.1, 0.15) is 17.7 Å². The van der Waals surface area contributed by atoms with Gasteiger partial charge in [-0.3, -0.25) is 0 Å². The molecule has 2 fully saturated rings. The van der Waals surface area contributed by atoms with E-state index in [-0.39, 0.29) is 23.4 Å². The van der Waals surface area contributed by atoms with Crippen LogP contribution in [0.1, 0.15) is 60.8 Å². The van der Waals surface area contributed by atoms with Crippen LogP contribution >= 0.6 is 0 Å². The second-order valence-electron chi connectivity index (χ2n) is 9.49. The van der Waals surface area contributed by atoms with Crippen molar-refractivity contribution in [1.29, 1.82) is 0 Å². The molecule has 0 bridgehead atoms. The summed E-state index contributed by atoms with van der Waals surface area (Å²) in [6.45, 7) is 0.677. The zero-order chi connectivity index (χ0) is 23.7. The van der Waals surface area contributed by atoms with E-state index in [1.807, 2.05) is 12.1 Å². The average molecular weight is 467 g/mol. The van der Waals surface area contributed by atoms with Gasteiger partial charge in [-0.25, -0.2) is 13.2 Å². The van der Waals surface area contributed by atoms with Crippen molar-refractivity contribution in [2.45, 2.75) is 50.5 Å². The van der Waals surface area contributed by atoms with Crippen molar-refractivity contribution in [1.82, 2.24) is 0 Å². The molecule has 34 heavy (non-hydrogen) atoms. The lowest BCUT2D eigenvalue weighted by Gasteiger charge is -2.29. The predicted molar refractivity (Wildman–Crippen MR) is 126 cm³/mol. The molecule has 1 saturated carbocycles. The molecule has 0 N–H and O–H groups in total. The normalized spacial score (nSPS) is 21.9. The molecule has 3 aromatic rings. The third kappa shape index (κ3) is 4.85. The Morgan fingerprint density at radius 3 is 2.26 bits per heavy atom. The maximum Gasteiger partial charge on any atom is 0.166 e. The molecular formula is C29H29F3O2. The molecule has 1 aliphatic heterocycles. The van der Waals surface area contributed by atoms with Crippen molar-refractivity contribution >= 4 is 0 Å². The van der Waals surface area contributed by atoms with Gasteiger partial charge in [0.05, 0.1) is 13.7 Å². The van der Waals surface area contributed by atoms with Gasteiger partial charge in [-0.05, 0) is 90.8 Å². The van der Waals surface area contributed by atoms with Crippen molar-refractivity contribution in [3.8, 4) is 16.9 Å². The van der Waals surface area contributed by atoms with Gasteiger partial charge in [-0.2, -0.15) is 0 Å². The third-order valence-electron chi connectivity index (χ3n) is 7.40. The molecule has 1 atom stereocenters. The molecule has 1 unspecified atom stereocenters. The van der Waals surface area contributed by atoms with Gasteiger partial charge in [-0.15, -0.1) is 0 Å². The molecule has 0 aromatic heterocycles. The Morgan fingerprint density at radius 2 is 1.62 bits per heavy atom. The number of benzene rings is 3. The van der Waals surface area contributed by atoms with Gasteiger partial charge in [0, 0.05) is 5.56 Å². The van der Waals surface area contributed by atoms with Crippen molar-refractivity contribution in [2.24, 2.45) is 5.92 Å². The van der Waals surface area contributed by atoms with Crippen LogP contribution in [-0.4, -0.2) is 13.7 Å². The molecule has 1 saturated heterocycles. The number of epoxide rings is 1. The fraction of sp³-hybridized carbons (Fsp3) is 0.379. The Kier molecular flexibility index (Phi) is 6.64. The van der Waals surface area contributed by atoms with Crippen LogP contribution < -0.4 is 4.74 Å². The van der Waals surface area contributed by atoms with Gasteiger partial charge in [-0.1, -0.05) is 36.4 Å². The predicted octanol–water partition coefficient (Wildman–Crippen LogP) is 7.76. The monoisotopic (exact) mass is 466 g/mol. The fourth-order valence-corrected chi connectivity index (χ4v) is 5.20. The first-order chi connectivity index (χ1) is 16.5. The van der Waals surface area contributed by atoms with Gasteiger partial charge in [0.15, 0.2) is 11.6 Å². The molecule has 2 nitrogen and oxygen atoms in total. The van der Waals surface area contributed by atoms with Crippen molar-refractivity contribution in [3.05, 3.63) is 88.7 Å². The Hall–Kier alpha value is -2.79. The zero-order valence-corrected chi connectivity index (χ0v) is 19.3. The average Bonchev–Trinajstić information content (AvgIpc) is 3.71. The lowest BCUT2D eigenvalue weighted by molar-refractivity contribution is 0.304. The number of hydrogen-bond donors (Lipinski definition) is 0. The molecule has 1 aliphatic carbocycles. The summed E-state index contributed by atoms with van der Waals surface area (Å²) >= 11 is 0. The molecule has 178 valence electrons. The zero-order valence-electron chi connectivity index (χ0n) is 19.3. The van der Waals surface area contributed by atoms with Crippen molar-refractivity contribution in [2.75, 3.05) is 13.7 Å². The highest BCUT2D eigenvalue weighted by atomic mass is 19.2. The summed E-state index contributed by atoms with van der Waals surface area (Å²) < 4.78 is 54.7. The van der Waals surface area contributed by atoms with Gasteiger partial charge in [0.2, 0.25) is 0 Å². The van der Waals surface area contributed by atoms with Gasteiger partial charge in [0.25, 0.3) is 0 Å². The molecule has 0 radical (unpaired) electrons. The number of hydrogen-bond acceptors (Lipinski definition) is 2. The highest BCUT2D eigenvalue weighted by molar-refractivity contribution is 5.65. The van der Waals surface area contributed by atoms with Crippen LogP contribution in [0.3, 0.4) is 0 Å². The van der Waals surface area contributed by atoms with Crippen LogP contribution in [0.25, 0.3) is 11.1 Å². The first-order valence-electron chi connectivity index (χ1n) is 12.1. The quantitative estimate of drug-likeness (QED) is 0.332. The lowest BCUT2D eigenvalue weighted by Crippen LogP contribution is -2.16. The molecule has 3 aromatic carbocycles. The van der Waals surface area contributed by atoms with Crippen molar-refractivity contribution < 1.29 is 22.6 Å². The van der Waals surface area contributed by atoms with E-state index in [0.717, 1.165) is 43.2 Å². The summed E-state index contributed by atoms with van der Waals surface area (Å²) in [6.07, 6.45) is 5.22. The highest BCUT2D eigenvalue weighted by Gasteiger charge is 2.28. The number of methoxy groups -OCH3 is 1. The SMILES string of the molecule is COc1ccc(-c2ccc(C3CCC(CCc4ccc(C5CO5)cc4F)CC3)c(F)c2F)cc1. The summed E-state index contributed by atoms with van der Waals surface area (Å²) in [4.78, 5) is 0. The van der Waals surface area contributed by atoms with Crippen LogP contribution in [0.2, 0.25) is 0 Å². The minimum Gasteiger partial charge on any atom is -0.497 e. The van der Waals surface area contributed by atoms with E-state index in [1.54, 1.807) is 49.6 Å². The summed E-state index contributed by atoms with van der Waals surface area (Å²) in [6, 6.07) is 15.8. The number of aryl methyl sites for hydroxylation is 1. The first-order valence-corrected chi connectivity index (χ1v) is 12.1. The molecular weight excluding hydrogens is 437 g/mol. The summed E-state index contributed by atoms with van der Waals surface area (Å²) in [5.41, 5.74) is 3.01. The standard InChI is InChI=1S/C29H29F3O2/c1-33-23-12-10-20(11-13-23)25-15-14-24(28(31)29(25)32)19-5-2-18(3-6-19)4-7-21-8-9-22(16-26(21)30)27-17-34-27/h8-16,18-19,27H,2-7,17H2,1H3. The van der Waals surface area contributed by atoms with E-state index in [9.17, 15) is 8.78 Å². The minimum atomic E-state index is -0.791. The summed E-state index contributed by atoms with van der Waals surface area (Å²) in [5.74, 6) is -0.514. The Morgan fingerprint density at radius 1 is 0.882 bits per heavy atom. The fourth-order valence-electron chi connectivity index (χ4n) is 5.20. The van der Waals surface area contributed by atoms with E-state index in [1.165, 1.54) is 0 Å². The summed E-state index contributed by atoms with van der Waals surface area (Å²) in [7, 11) is 1.57. The number of ether oxygens (including phenoxy) is 2. The Balaban J connectivity index is 1.19. The van der Waals surface area contributed by atoms with E-state index in [4.69, 9.17) is 9.47 Å². The largest absolute Gasteiger partial charge is 0.497 e. The van der Waals surface area contributed by atoms with Crippen LogP contribution in [0.4, 0.5) is 13.2 Å². The molecule has 2 aliphatic rings. The number of halogens is 3. The van der Waals surface area contributed by atoms with E-state index >= 15 is 4.39 Å². The maximum atomic E-state index is 15.0. The third-order valence-corrected chi connectivity index (χ3v) is 7.40. The van der Waals surface area contributed by atoms with Gasteiger partial charge >= 0.3 is 0 Å². The second kappa shape index (κ2) is 9.83. The molecule has 0 amide bonds. The van der Waals surface area contributed by atoms with Crippen LogP contribution in [0.15, 0.2) is 54.6 Å². The van der Waals surface area contributed by atoms with E-state index in [0.29, 0.717) is 35.8 Å². The van der Waals surface area contributed by atoms with Crippen LogP contribution in [0, 0.1) is 23.4 Å². The lowest BCUT2D eigenvalue weighted by atomic mass is 9.76. The Labute approximate surface area is 198 Å². The summed E-state index contributed by atoms with van der Waals surface area (Å²) in [5, 5.41) is 0. The van der Waals surface area contributed by atoms with E-state index < -0.39 is 11.6 Å². The van der Waals surface area contributed by atoms with Crippen molar-refractivity contribution in [3.63, 3.8) is 0 Å². The van der Waals surface area contributed by atoms with Crippen LogP contribution in [0.5, 0.6) is 5.75 Å². The second-order valence-corrected chi connectivity index (χ2v) is 9.49. The first kappa shape index (κ1) is 23.0. The molecule has 5 heteroatoms. The topological polar surface area (TPSA) is 21.8 Å². The smallest absolute Gasteiger partial charge is 0.166 e. The van der Waals surface area contributed by atoms with Gasteiger partial charge < -0.3 is 9.47 Å². The Bertz CT molecular complexity index is 1150. The minimum absolute atomic E-state index is 0.0187. The molecule has 0 spiro atoms. The van der Waals surface area contributed by atoms with E-state index in [2.05, 4.69) is 0 Å². The number of rotatable bonds is 7.